The molecule has 1 amide bonds. The van der Waals surface area contributed by atoms with Crippen molar-refractivity contribution in [2.45, 2.75) is 25.3 Å². The number of rotatable bonds is 1. The predicted octanol–water partition coefficient (Wildman–Crippen LogP) is 0.652. The van der Waals surface area contributed by atoms with E-state index in [4.69, 9.17) is 0 Å². The van der Waals surface area contributed by atoms with Gasteiger partial charge < -0.3 is 0 Å². The number of carbonyl (C=O) groups is 1. The van der Waals surface area contributed by atoms with Crippen LogP contribution in [0.4, 0.5) is 0 Å². The largest absolute Gasteiger partial charge is 0.271 e. The van der Waals surface area contributed by atoms with E-state index >= 15 is 0 Å². The molecule has 1 saturated carbocycles. The Hall–Kier alpha value is -0.930. The second-order valence-electron chi connectivity index (χ2n) is 3.06. The maximum Gasteiger partial charge on any atom is 0.271 e. The Balaban J connectivity index is 2.25. The molecule has 2 rings (SSSR count). The fraction of sp³-hybridized carbons (Fsp3) is 0.833. The summed E-state index contributed by atoms with van der Waals surface area (Å²) in [6.45, 7) is 1.84. The molecule has 2 aliphatic rings. The maximum atomic E-state index is 11.1. The molecule has 0 radical (unpaired) electrons. The first-order chi connectivity index (χ1) is 4.73. The third kappa shape index (κ3) is 0.587. The van der Waals surface area contributed by atoms with E-state index in [1.165, 1.54) is 0 Å². The third-order valence-electron chi connectivity index (χ3n) is 2.24. The van der Waals surface area contributed by atoms with Gasteiger partial charge in [-0.3, -0.25) is 4.79 Å². The first kappa shape index (κ1) is 5.82. The normalized spacial score (nSPS) is 38.3. The average Bonchev–Trinajstić information content (AvgIpc) is 2.65. The van der Waals surface area contributed by atoms with Crippen LogP contribution < -0.4 is 5.43 Å². The van der Waals surface area contributed by atoms with E-state index in [9.17, 15) is 4.79 Å². The van der Waals surface area contributed by atoms with Crippen molar-refractivity contribution in [3.63, 3.8) is 0 Å². The van der Waals surface area contributed by atoms with E-state index in [-0.39, 0.29) is 5.91 Å². The minimum Gasteiger partial charge on any atom is -0.270 e. The molecule has 1 heterocycles. The summed E-state index contributed by atoms with van der Waals surface area (Å²) in [5.74, 6) is 0.397. The fourth-order valence-corrected chi connectivity index (χ4v) is 1.25. The van der Waals surface area contributed by atoms with E-state index in [2.05, 4.69) is 15.8 Å². The molecule has 1 aliphatic carbocycles. The van der Waals surface area contributed by atoms with Gasteiger partial charge in [-0.05, 0) is 25.7 Å². The third-order valence-corrected chi connectivity index (χ3v) is 2.24. The van der Waals surface area contributed by atoms with Crippen LogP contribution in [-0.4, -0.2) is 11.4 Å². The number of amides is 1. The van der Waals surface area contributed by atoms with Crippen molar-refractivity contribution < 1.29 is 4.79 Å². The molecule has 1 aliphatic heterocycles. The second-order valence-corrected chi connectivity index (χ2v) is 3.06. The molecule has 0 aromatic heterocycles. The summed E-state index contributed by atoms with van der Waals surface area (Å²) in [4.78, 5) is 11.1. The number of hydrogen-bond acceptors (Lipinski definition) is 3. The molecular formula is C6H9N3O. The predicted molar refractivity (Wildman–Crippen MR) is 34.1 cm³/mol. The summed E-state index contributed by atoms with van der Waals surface area (Å²) in [5, 5.41) is 7.38. The van der Waals surface area contributed by atoms with Crippen LogP contribution in [0.1, 0.15) is 19.8 Å². The van der Waals surface area contributed by atoms with E-state index in [1.54, 1.807) is 0 Å². The zero-order valence-electron chi connectivity index (χ0n) is 5.79. The molecule has 0 spiro atoms. The van der Waals surface area contributed by atoms with Crippen molar-refractivity contribution in [1.82, 2.24) is 5.43 Å². The smallest absolute Gasteiger partial charge is 0.270 e. The Morgan fingerprint density at radius 3 is 2.80 bits per heavy atom. The fourth-order valence-electron chi connectivity index (χ4n) is 1.25. The van der Waals surface area contributed by atoms with Crippen LogP contribution in [0.25, 0.3) is 0 Å². The zero-order valence-corrected chi connectivity index (χ0v) is 5.79. The molecule has 1 unspecified atom stereocenters. The van der Waals surface area contributed by atoms with Crippen LogP contribution in [0.3, 0.4) is 0 Å². The number of nitrogens with zero attached hydrogens (tertiary/aromatic N) is 2. The lowest BCUT2D eigenvalue weighted by Gasteiger charge is -2.12. The highest BCUT2D eigenvalue weighted by Gasteiger charge is 2.50. The molecule has 0 saturated heterocycles. The van der Waals surface area contributed by atoms with E-state index in [0.29, 0.717) is 5.92 Å². The molecule has 0 aromatic carbocycles. The molecule has 0 bridgehead atoms. The quantitative estimate of drug-likeness (QED) is 0.569. The van der Waals surface area contributed by atoms with Crippen molar-refractivity contribution in [3.8, 4) is 0 Å². The molecule has 0 aromatic rings. The van der Waals surface area contributed by atoms with Gasteiger partial charge >= 0.3 is 0 Å². The van der Waals surface area contributed by atoms with Gasteiger partial charge in [0.05, 0.1) is 0 Å². The summed E-state index contributed by atoms with van der Waals surface area (Å²) in [5.41, 5.74) is 1.82. The number of carbonyl (C=O) groups excluding carboxylic acids is 1. The maximum absolute atomic E-state index is 11.1. The topological polar surface area (TPSA) is 53.8 Å². The molecule has 1 atom stereocenters. The van der Waals surface area contributed by atoms with Gasteiger partial charge in [-0.1, -0.05) is 5.22 Å². The Morgan fingerprint density at radius 2 is 2.40 bits per heavy atom. The van der Waals surface area contributed by atoms with Crippen LogP contribution in [0.2, 0.25) is 0 Å². The van der Waals surface area contributed by atoms with Crippen molar-refractivity contribution in [2.24, 2.45) is 16.3 Å². The number of nitrogens with one attached hydrogen (secondary N) is 1. The van der Waals surface area contributed by atoms with Gasteiger partial charge in [0.25, 0.3) is 5.91 Å². The van der Waals surface area contributed by atoms with Gasteiger partial charge in [0.1, 0.15) is 0 Å². The van der Waals surface area contributed by atoms with Gasteiger partial charge in [-0.25, -0.2) is 5.43 Å². The Kier molecular flexibility index (Phi) is 0.910. The molecule has 4 nitrogen and oxygen atoms in total. The monoisotopic (exact) mass is 139 g/mol. The molecule has 1 N–H and O–H groups in total. The van der Waals surface area contributed by atoms with E-state index in [1.807, 2.05) is 6.92 Å². The van der Waals surface area contributed by atoms with Crippen LogP contribution in [0, 0.1) is 5.92 Å². The minimum atomic E-state index is -0.528. The van der Waals surface area contributed by atoms with E-state index < -0.39 is 5.54 Å². The first-order valence-electron chi connectivity index (χ1n) is 3.46. The summed E-state index contributed by atoms with van der Waals surface area (Å²) < 4.78 is 0. The van der Waals surface area contributed by atoms with Gasteiger partial charge in [-0.2, -0.15) is 5.11 Å². The lowest BCUT2D eigenvalue weighted by molar-refractivity contribution is -0.124. The van der Waals surface area contributed by atoms with Crippen LogP contribution in [0.15, 0.2) is 10.3 Å². The highest BCUT2D eigenvalue weighted by atomic mass is 16.2. The van der Waals surface area contributed by atoms with E-state index in [0.717, 1.165) is 12.8 Å². The first-order valence-corrected chi connectivity index (χ1v) is 3.46. The Morgan fingerprint density at radius 1 is 1.70 bits per heavy atom. The van der Waals surface area contributed by atoms with Crippen LogP contribution in [0.5, 0.6) is 0 Å². The summed E-state index contributed by atoms with van der Waals surface area (Å²) in [7, 11) is 0. The Bertz CT molecular complexity index is 209. The highest BCUT2D eigenvalue weighted by Crippen LogP contribution is 2.43. The van der Waals surface area contributed by atoms with Crippen molar-refractivity contribution >= 4 is 5.91 Å². The van der Waals surface area contributed by atoms with Crippen LogP contribution >= 0.6 is 0 Å². The second kappa shape index (κ2) is 1.56. The summed E-state index contributed by atoms with van der Waals surface area (Å²) in [6, 6.07) is 0. The molecule has 4 heteroatoms. The lowest BCUT2D eigenvalue weighted by atomic mass is 9.97. The lowest BCUT2D eigenvalue weighted by Crippen LogP contribution is -2.37. The SMILES string of the molecule is CC1(C2CC2)N=NNC1=O. The van der Waals surface area contributed by atoms with Gasteiger partial charge in [0, 0.05) is 0 Å². The molecular weight excluding hydrogens is 130 g/mol. The van der Waals surface area contributed by atoms with Crippen molar-refractivity contribution in [2.75, 3.05) is 0 Å². The number of hydrogen-bond donors (Lipinski definition) is 1. The average molecular weight is 139 g/mol. The summed E-state index contributed by atoms with van der Waals surface area (Å²) >= 11 is 0. The molecule has 54 valence electrons. The standard InChI is InChI=1S/C6H9N3O/c1-6(4-2-3-4)5(10)7-9-8-6/h4H,2-3H2,1H3,(H,7,8,10). The van der Waals surface area contributed by atoms with Gasteiger partial charge in [0.15, 0.2) is 5.54 Å². The molecule has 1 fully saturated rings. The molecule has 10 heavy (non-hydrogen) atoms. The van der Waals surface area contributed by atoms with Gasteiger partial charge in [0.2, 0.25) is 0 Å². The van der Waals surface area contributed by atoms with Crippen molar-refractivity contribution in [3.05, 3.63) is 0 Å². The van der Waals surface area contributed by atoms with Crippen LogP contribution in [-0.2, 0) is 4.79 Å². The highest BCUT2D eigenvalue weighted by molar-refractivity contribution is 5.87. The summed E-state index contributed by atoms with van der Waals surface area (Å²) in [6.07, 6.45) is 2.23. The van der Waals surface area contributed by atoms with Gasteiger partial charge in [-0.15, -0.1) is 0 Å². The van der Waals surface area contributed by atoms with Crippen molar-refractivity contribution in [1.29, 1.82) is 0 Å². The zero-order chi connectivity index (χ0) is 7.19. The Labute approximate surface area is 58.7 Å². The minimum absolute atomic E-state index is 0.0463.